The molecular formula is C11H15BrClNS. The Balaban J connectivity index is 2.28. The van der Waals surface area contributed by atoms with Crippen molar-refractivity contribution in [1.82, 2.24) is 0 Å². The number of halogens is 2. The molecule has 1 aromatic rings. The first kappa shape index (κ1) is 13.2. The number of unbranched alkanes of at least 4 members (excludes halogenated alkanes) is 1. The molecule has 0 spiro atoms. The standard InChI is InChI=1S/C11H15BrClNS/c1-15-7-3-2-6-14-9-4-5-10(12)11(13)8-9/h4-5,8,14H,2-3,6-7H2,1H3. The molecule has 0 fully saturated rings. The van der Waals surface area contributed by atoms with Gasteiger partial charge in [0.1, 0.15) is 0 Å². The fourth-order valence-corrected chi connectivity index (χ4v) is 2.13. The molecule has 0 amide bonds. The zero-order chi connectivity index (χ0) is 11.1. The third-order valence-electron chi connectivity index (χ3n) is 2.02. The van der Waals surface area contributed by atoms with E-state index in [1.807, 2.05) is 30.0 Å². The molecule has 0 heterocycles. The molecule has 84 valence electrons. The number of hydrogen-bond acceptors (Lipinski definition) is 2. The second kappa shape index (κ2) is 7.42. The van der Waals surface area contributed by atoms with Crippen LogP contribution in [-0.2, 0) is 0 Å². The monoisotopic (exact) mass is 307 g/mol. The van der Waals surface area contributed by atoms with Crippen molar-refractivity contribution in [3.8, 4) is 0 Å². The van der Waals surface area contributed by atoms with E-state index >= 15 is 0 Å². The molecular weight excluding hydrogens is 294 g/mol. The number of benzene rings is 1. The lowest BCUT2D eigenvalue weighted by atomic mass is 10.3. The van der Waals surface area contributed by atoms with Gasteiger partial charge in [-0.1, -0.05) is 11.6 Å². The van der Waals surface area contributed by atoms with Crippen LogP contribution in [0, 0.1) is 0 Å². The van der Waals surface area contributed by atoms with E-state index in [9.17, 15) is 0 Å². The second-order valence-corrected chi connectivity index (χ2v) is 5.50. The van der Waals surface area contributed by atoms with Gasteiger partial charge >= 0.3 is 0 Å². The van der Waals surface area contributed by atoms with Gasteiger partial charge in [-0.25, -0.2) is 0 Å². The Hall–Kier alpha value is 0.140. The van der Waals surface area contributed by atoms with Crippen LogP contribution in [0.15, 0.2) is 22.7 Å². The Bertz CT molecular complexity index is 307. The number of rotatable bonds is 6. The van der Waals surface area contributed by atoms with Crippen molar-refractivity contribution in [2.75, 3.05) is 23.9 Å². The highest BCUT2D eigenvalue weighted by Gasteiger charge is 1.97. The van der Waals surface area contributed by atoms with Crippen LogP contribution in [0.3, 0.4) is 0 Å². The number of hydrogen-bond donors (Lipinski definition) is 1. The third-order valence-corrected chi connectivity index (χ3v) is 3.95. The molecule has 0 saturated heterocycles. The Morgan fingerprint density at radius 1 is 1.40 bits per heavy atom. The molecule has 1 nitrogen and oxygen atoms in total. The van der Waals surface area contributed by atoms with Crippen LogP contribution in [0.5, 0.6) is 0 Å². The van der Waals surface area contributed by atoms with E-state index in [0.717, 1.165) is 21.7 Å². The van der Waals surface area contributed by atoms with Gasteiger partial charge in [-0.2, -0.15) is 11.8 Å². The van der Waals surface area contributed by atoms with Gasteiger partial charge in [-0.05, 0) is 59.0 Å². The van der Waals surface area contributed by atoms with E-state index in [0.29, 0.717) is 0 Å². The lowest BCUT2D eigenvalue weighted by Crippen LogP contribution is -2.01. The van der Waals surface area contributed by atoms with Crippen LogP contribution in [-0.4, -0.2) is 18.6 Å². The molecule has 1 rings (SSSR count). The molecule has 0 bridgehead atoms. The van der Waals surface area contributed by atoms with Crippen LogP contribution in [0.2, 0.25) is 5.02 Å². The largest absolute Gasteiger partial charge is 0.385 e. The number of thioether (sulfide) groups is 1. The van der Waals surface area contributed by atoms with Crippen LogP contribution < -0.4 is 5.32 Å². The molecule has 0 unspecified atom stereocenters. The van der Waals surface area contributed by atoms with Crippen molar-refractivity contribution in [3.05, 3.63) is 27.7 Å². The Labute approximate surface area is 109 Å². The van der Waals surface area contributed by atoms with Gasteiger partial charge in [0.05, 0.1) is 5.02 Å². The van der Waals surface area contributed by atoms with E-state index in [-0.39, 0.29) is 0 Å². The topological polar surface area (TPSA) is 12.0 Å². The zero-order valence-corrected chi connectivity index (χ0v) is 11.9. The van der Waals surface area contributed by atoms with Crippen molar-refractivity contribution in [1.29, 1.82) is 0 Å². The average Bonchev–Trinajstić information content (AvgIpc) is 2.23. The lowest BCUT2D eigenvalue weighted by Gasteiger charge is -2.06. The molecule has 1 N–H and O–H groups in total. The first-order chi connectivity index (χ1) is 7.24. The van der Waals surface area contributed by atoms with Crippen molar-refractivity contribution in [2.45, 2.75) is 12.8 Å². The summed E-state index contributed by atoms with van der Waals surface area (Å²) < 4.78 is 0.942. The predicted molar refractivity (Wildman–Crippen MR) is 75.3 cm³/mol. The van der Waals surface area contributed by atoms with Crippen molar-refractivity contribution < 1.29 is 0 Å². The minimum atomic E-state index is 0.754. The van der Waals surface area contributed by atoms with Crippen LogP contribution in [0.1, 0.15) is 12.8 Å². The quantitative estimate of drug-likeness (QED) is 0.767. The van der Waals surface area contributed by atoms with Gasteiger partial charge in [0.25, 0.3) is 0 Å². The van der Waals surface area contributed by atoms with Gasteiger partial charge in [-0.3, -0.25) is 0 Å². The molecule has 1 aromatic carbocycles. The summed E-state index contributed by atoms with van der Waals surface area (Å²) in [7, 11) is 0. The highest BCUT2D eigenvalue weighted by Crippen LogP contribution is 2.25. The van der Waals surface area contributed by atoms with Crippen molar-refractivity contribution in [2.24, 2.45) is 0 Å². The Morgan fingerprint density at radius 2 is 2.20 bits per heavy atom. The second-order valence-electron chi connectivity index (χ2n) is 3.26. The van der Waals surface area contributed by atoms with Crippen LogP contribution >= 0.6 is 39.3 Å². The first-order valence-corrected chi connectivity index (χ1v) is 7.48. The number of anilines is 1. The maximum Gasteiger partial charge on any atom is 0.0568 e. The smallest absolute Gasteiger partial charge is 0.0568 e. The average molecular weight is 309 g/mol. The van der Waals surface area contributed by atoms with E-state index in [4.69, 9.17) is 11.6 Å². The maximum atomic E-state index is 5.99. The molecule has 0 atom stereocenters. The van der Waals surface area contributed by atoms with Crippen LogP contribution in [0.25, 0.3) is 0 Å². The fourth-order valence-electron chi connectivity index (χ4n) is 1.21. The van der Waals surface area contributed by atoms with Gasteiger partial charge < -0.3 is 5.32 Å². The van der Waals surface area contributed by atoms with Gasteiger partial charge in [0, 0.05) is 16.7 Å². The first-order valence-electron chi connectivity index (χ1n) is 4.92. The summed E-state index contributed by atoms with van der Waals surface area (Å²) in [5.74, 6) is 1.24. The van der Waals surface area contributed by atoms with Gasteiger partial charge in [0.15, 0.2) is 0 Å². The fraction of sp³-hybridized carbons (Fsp3) is 0.455. The molecule has 0 aliphatic heterocycles. The predicted octanol–water partition coefficient (Wildman–Crippen LogP) is 4.66. The highest BCUT2D eigenvalue weighted by atomic mass is 79.9. The van der Waals surface area contributed by atoms with Crippen molar-refractivity contribution in [3.63, 3.8) is 0 Å². The summed E-state index contributed by atoms with van der Waals surface area (Å²) in [5, 5.41) is 4.11. The molecule has 4 heteroatoms. The lowest BCUT2D eigenvalue weighted by molar-refractivity contribution is 0.843. The summed E-state index contributed by atoms with van der Waals surface area (Å²) >= 11 is 11.3. The maximum absolute atomic E-state index is 5.99. The van der Waals surface area contributed by atoms with Gasteiger partial charge in [-0.15, -0.1) is 0 Å². The zero-order valence-electron chi connectivity index (χ0n) is 8.72. The normalized spacial score (nSPS) is 10.3. The molecule has 15 heavy (non-hydrogen) atoms. The summed E-state index contributed by atoms with van der Waals surface area (Å²) in [6.45, 7) is 1.01. The molecule has 0 saturated carbocycles. The third kappa shape index (κ3) is 5.14. The molecule has 0 aliphatic rings. The summed E-state index contributed by atoms with van der Waals surface area (Å²) in [4.78, 5) is 0. The van der Waals surface area contributed by atoms with Gasteiger partial charge in [0.2, 0.25) is 0 Å². The summed E-state index contributed by atoms with van der Waals surface area (Å²) in [5.41, 5.74) is 1.09. The van der Waals surface area contributed by atoms with E-state index < -0.39 is 0 Å². The molecule has 0 radical (unpaired) electrons. The minimum Gasteiger partial charge on any atom is -0.385 e. The number of nitrogens with one attached hydrogen (secondary N) is 1. The summed E-state index contributed by atoms with van der Waals surface area (Å²) in [6.07, 6.45) is 4.61. The van der Waals surface area contributed by atoms with Crippen molar-refractivity contribution >= 4 is 45.0 Å². The molecule has 0 aliphatic carbocycles. The minimum absolute atomic E-state index is 0.754. The highest BCUT2D eigenvalue weighted by molar-refractivity contribution is 9.10. The van der Waals surface area contributed by atoms with E-state index in [1.165, 1.54) is 18.6 Å². The van der Waals surface area contributed by atoms with Crippen LogP contribution in [0.4, 0.5) is 5.69 Å². The SMILES string of the molecule is CSCCCCNc1ccc(Br)c(Cl)c1. The Morgan fingerprint density at radius 3 is 2.87 bits per heavy atom. The van der Waals surface area contributed by atoms with E-state index in [1.54, 1.807) is 0 Å². The van der Waals surface area contributed by atoms with E-state index in [2.05, 4.69) is 27.5 Å². The Kier molecular flexibility index (Phi) is 6.53. The molecule has 0 aromatic heterocycles. The summed E-state index contributed by atoms with van der Waals surface area (Å²) in [6, 6.07) is 5.94.